The highest BCUT2D eigenvalue weighted by atomic mass is 16.5. The molecule has 0 radical (unpaired) electrons. The van der Waals surface area contributed by atoms with E-state index in [1.54, 1.807) is 16.2 Å². The van der Waals surface area contributed by atoms with E-state index in [9.17, 15) is 9.90 Å². The first-order valence-corrected chi connectivity index (χ1v) is 9.80. The van der Waals surface area contributed by atoms with Gasteiger partial charge in [-0.3, -0.25) is 14.0 Å². The number of aromatic nitrogens is 2. The van der Waals surface area contributed by atoms with Crippen LogP contribution >= 0.6 is 0 Å². The molecule has 0 unspecified atom stereocenters. The first-order chi connectivity index (χ1) is 13.2. The highest BCUT2D eigenvalue weighted by Gasteiger charge is 2.23. The Kier molecular flexibility index (Phi) is 5.11. The van der Waals surface area contributed by atoms with E-state index in [0.717, 1.165) is 75.7 Å². The molecular weight excluding hydrogens is 344 g/mol. The Labute approximate surface area is 159 Å². The molecule has 0 saturated carbocycles. The molecule has 1 fully saturated rings. The zero-order chi connectivity index (χ0) is 18.8. The first-order valence-electron chi connectivity index (χ1n) is 9.80. The Bertz CT molecular complexity index is 849. The second kappa shape index (κ2) is 7.68. The van der Waals surface area contributed by atoms with E-state index in [-0.39, 0.29) is 11.6 Å². The Morgan fingerprint density at radius 3 is 2.56 bits per heavy atom. The minimum Gasteiger partial charge on any atom is -0.495 e. The normalized spacial score (nSPS) is 17.7. The van der Waals surface area contributed by atoms with Crippen LogP contribution in [-0.2, 0) is 19.5 Å². The van der Waals surface area contributed by atoms with Crippen LogP contribution in [0.15, 0.2) is 29.1 Å². The van der Waals surface area contributed by atoms with Crippen molar-refractivity contribution in [2.45, 2.75) is 32.4 Å². The lowest BCUT2D eigenvalue weighted by Crippen LogP contribution is -2.47. The van der Waals surface area contributed by atoms with Gasteiger partial charge in [0.1, 0.15) is 5.75 Å². The van der Waals surface area contributed by atoms with Crippen molar-refractivity contribution in [2.24, 2.45) is 0 Å². The summed E-state index contributed by atoms with van der Waals surface area (Å²) in [4.78, 5) is 17.2. The number of hydrogen-bond acceptors (Lipinski definition) is 5. The van der Waals surface area contributed by atoms with Gasteiger partial charge >= 0.3 is 5.69 Å². The molecule has 7 nitrogen and oxygen atoms in total. The number of imidazole rings is 1. The molecule has 2 aliphatic heterocycles. The van der Waals surface area contributed by atoms with E-state index < -0.39 is 0 Å². The second-order valence-corrected chi connectivity index (χ2v) is 7.31. The van der Waals surface area contributed by atoms with Gasteiger partial charge in [0, 0.05) is 45.8 Å². The molecule has 0 spiro atoms. The molecule has 0 amide bonds. The summed E-state index contributed by atoms with van der Waals surface area (Å²) in [6.45, 7) is 5.76. The molecule has 4 rings (SSSR count). The number of nitrogens with zero attached hydrogens (tertiary/aromatic N) is 4. The Morgan fingerprint density at radius 2 is 1.81 bits per heavy atom. The van der Waals surface area contributed by atoms with E-state index in [1.165, 1.54) is 0 Å². The van der Waals surface area contributed by atoms with E-state index >= 15 is 0 Å². The summed E-state index contributed by atoms with van der Waals surface area (Å²) in [5.74, 6) is 1.08. The van der Waals surface area contributed by atoms with E-state index in [1.807, 2.05) is 18.2 Å². The highest BCUT2D eigenvalue weighted by molar-refractivity contribution is 5.58. The van der Waals surface area contributed by atoms with Crippen molar-refractivity contribution < 1.29 is 9.84 Å². The van der Waals surface area contributed by atoms with Crippen LogP contribution in [0.5, 0.6) is 11.6 Å². The molecule has 7 heteroatoms. The van der Waals surface area contributed by atoms with Crippen LogP contribution in [0.4, 0.5) is 5.69 Å². The average molecular weight is 372 g/mol. The summed E-state index contributed by atoms with van der Waals surface area (Å²) in [7, 11) is 1.71. The lowest BCUT2D eigenvalue weighted by Gasteiger charge is -2.36. The summed E-state index contributed by atoms with van der Waals surface area (Å²) in [6, 6.07) is 8.11. The first kappa shape index (κ1) is 18.0. The maximum atomic E-state index is 12.5. The number of ether oxygens (including phenoxy) is 1. The fourth-order valence-corrected chi connectivity index (χ4v) is 4.21. The largest absolute Gasteiger partial charge is 0.495 e. The third-order valence-corrected chi connectivity index (χ3v) is 5.78. The topological polar surface area (TPSA) is 62.9 Å². The van der Waals surface area contributed by atoms with Gasteiger partial charge < -0.3 is 14.7 Å². The van der Waals surface area contributed by atoms with Gasteiger partial charge in [-0.25, -0.2) is 4.79 Å². The van der Waals surface area contributed by atoms with Gasteiger partial charge in [-0.2, -0.15) is 0 Å². The standard InChI is InChI=1S/C20H28N4O3/c1-27-18-8-3-2-6-16(18)22-13-10-21(11-14-22)12-15-24-19(25)17-7-4-5-9-23(17)20(24)26/h2-3,6,8,25H,4-5,7,9-15H2,1H3. The molecule has 2 aliphatic rings. The number of rotatable bonds is 5. The van der Waals surface area contributed by atoms with Crippen molar-refractivity contribution in [3.8, 4) is 11.6 Å². The fourth-order valence-electron chi connectivity index (χ4n) is 4.21. The minimum atomic E-state index is -0.0603. The number of hydrogen-bond donors (Lipinski definition) is 1. The SMILES string of the molecule is COc1ccccc1N1CCN(CCn2c(O)c3n(c2=O)CCCC3)CC1. The maximum Gasteiger partial charge on any atom is 0.331 e. The summed E-state index contributed by atoms with van der Waals surface area (Å²) in [5.41, 5.74) is 1.88. The lowest BCUT2D eigenvalue weighted by atomic mass is 10.1. The van der Waals surface area contributed by atoms with E-state index in [4.69, 9.17) is 4.74 Å². The van der Waals surface area contributed by atoms with Gasteiger partial charge in [-0.1, -0.05) is 12.1 Å². The van der Waals surface area contributed by atoms with Crippen molar-refractivity contribution in [3.63, 3.8) is 0 Å². The van der Waals surface area contributed by atoms with Gasteiger partial charge in [0.25, 0.3) is 0 Å². The van der Waals surface area contributed by atoms with Crippen LogP contribution in [0.3, 0.4) is 0 Å². The smallest absolute Gasteiger partial charge is 0.331 e. The summed E-state index contributed by atoms with van der Waals surface area (Å²) >= 11 is 0. The van der Waals surface area contributed by atoms with E-state index in [0.29, 0.717) is 6.54 Å². The highest BCUT2D eigenvalue weighted by Crippen LogP contribution is 2.28. The Balaban J connectivity index is 1.37. The molecule has 3 heterocycles. The summed E-state index contributed by atoms with van der Waals surface area (Å²) in [5, 5.41) is 10.4. The van der Waals surface area contributed by atoms with Gasteiger partial charge in [0.05, 0.1) is 18.5 Å². The zero-order valence-corrected chi connectivity index (χ0v) is 15.9. The predicted octanol–water partition coefficient (Wildman–Crippen LogP) is 1.52. The van der Waals surface area contributed by atoms with Crippen LogP contribution in [0.25, 0.3) is 0 Å². The van der Waals surface area contributed by atoms with Gasteiger partial charge in [-0.15, -0.1) is 0 Å². The zero-order valence-electron chi connectivity index (χ0n) is 15.9. The van der Waals surface area contributed by atoms with Crippen molar-refractivity contribution in [3.05, 3.63) is 40.4 Å². The third kappa shape index (κ3) is 3.43. The monoisotopic (exact) mass is 372 g/mol. The molecule has 0 aliphatic carbocycles. The average Bonchev–Trinajstić information content (AvgIpc) is 2.97. The van der Waals surface area contributed by atoms with Crippen LogP contribution < -0.4 is 15.3 Å². The van der Waals surface area contributed by atoms with Crippen LogP contribution in [0.2, 0.25) is 0 Å². The molecular formula is C20H28N4O3. The summed E-state index contributed by atoms with van der Waals surface area (Å²) < 4.78 is 8.77. The molecule has 0 atom stereocenters. The predicted molar refractivity (Wildman–Crippen MR) is 105 cm³/mol. The van der Waals surface area contributed by atoms with Gasteiger partial charge in [0.15, 0.2) is 0 Å². The van der Waals surface area contributed by atoms with Gasteiger partial charge in [0.2, 0.25) is 5.88 Å². The number of methoxy groups -OCH3 is 1. The number of para-hydroxylation sites is 2. The molecule has 2 aromatic rings. The molecule has 146 valence electrons. The van der Waals surface area contributed by atoms with E-state index in [2.05, 4.69) is 15.9 Å². The molecule has 1 aromatic heterocycles. The van der Waals surface area contributed by atoms with Crippen LogP contribution in [0.1, 0.15) is 18.5 Å². The third-order valence-electron chi connectivity index (χ3n) is 5.78. The fraction of sp³-hybridized carbons (Fsp3) is 0.550. The summed E-state index contributed by atoms with van der Waals surface area (Å²) in [6.07, 6.45) is 2.86. The van der Waals surface area contributed by atoms with Crippen molar-refractivity contribution >= 4 is 5.69 Å². The number of piperazine rings is 1. The number of fused-ring (bicyclic) bond motifs is 1. The maximum absolute atomic E-state index is 12.5. The molecule has 27 heavy (non-hydrogen) atoms. The van der Waals surface area contributed by atoms with Crippen LogP contribution in [0, 0.1) is 0 Å². The molecule has 0 bridgehead atoms. The number of anilines is 1. The number of aromatic hydroxyl groups is 1. The van der Waals surface area contributed by atoms with Crippen molar-refractivity contribution in [1.82, 2.24) is 14.0 Å². The van der Waals surface area contributed by atoms with Crippen LogP contribution in [-0.4, -0.2) is 59.0 Å². The van der Waals surface area contributed by atoms with Crippen molar-refractivity contribution in [2.75, 3.05) is 44.7 Å². The Morgan fingerprint density at radius 1 is 1.04 bits per heavy atom. The lowest BCUT2D eigenvalue weighted by molar-refractivity contribution is 0.242. The molecule has 1 aromatic carbocycles. The second-order valence-electron chi connectivity index (χ2n) is 7.31. The Hall–Kier alpha value is -2.41. The number of benzene rings is 1. The van der Waals surface area contributed by atoms with Crippen molar-refractivity contribution in [1.29, 1.82) is 0 Å². The van der Waals surface area contributed by atoms with Gasteiger partial charge in [-0.05, 0) is 31.4 Å². The molecule has 1 saturated heterocycles. The quantitative estimate of drug-likeness (QED) is 0.862. The molecule has 1 N–H and O–H groups in total. The minimum absolute atomic E-state index is 0.0603.